The number of unbranched alkanes of at least 4 members (excludes halogenated alkanes) is 24. The van der Waals surface area contributed by atoms with Crippen molar-refractivity contribution in [3.05, 3.63) is 167 Å². The Morgan fingerprint density at radius 2 is 0.364 bits per heavy atom. The maximum atomic E-state index is 16.4. The van der Waals surface area contributed by atoms with Crippen LogP contribution in [0.5, 0.6) is 0 Å². The van der Waals surface area contributed by atoms with E-state index < -0.39 is 0 Å². The van der Waals surface area contributed by atoms with Crippen molar-refractivity contribution < 1.29 is 0 Å². The van der Waals surface area contributed by atoms with Gasteiger partial charge in [0.05, 0.1) is 18.8 Å². The van der Waals surface area contributed by atoms with Crippen LogP contribution in [0.3, 0.4) is 0 Å². The summed E-state index contributed by atoms with van der Waals surface area (Å²) < 4.78 is 15.6. The maximum absolute atomic E-state index is 16.4. The highest BCUT2D eigenvalue weighted by Gasteiger charge is 2.37. The first-order valence-electron chi connectivity index (χ1n) is 51.5. The molecule has 21 aromatic rings. The highest BCUT2D eigenvalue weighted by Crippen LogP contribution is 2.61. The topological polar surface area (TPSA) is 156 Å². The molecule has 682 valence electrons. The number of rotatable bonds is 44. The Morgan fingerprint density at radius 1 is 0.182 bits per heavy atom. The predicted octanol–water partition coefficient (Wildman–Crippen LogP) is 33.1. The molecule has 8 aromatic heterocycles. The lowest BCUT2D eigenvalue weighted by Gasteiger charge is -2.25. The van der Waals surface area contributed by atoms with Gasteiger partial charge in [0.2, 0.25) is 0 Å². The largest absolute Gasteiger partial charge is 0.271 e. The van der Waals surface area contributed by atoms with Crippen molar-refractivity contribution in [2.45, 2.75) is 350 Å². The molecule has 0 N–H and O–H groups in total. The van der Waals surface area contributed by atoms with Crippen molar-refractivity contribution in [1.82, 2.24) is 18.3 Å². The molecule has 0 atom stereocenters. The van der Waals surface area contributed by atoms with Gasteiger partial charge in [-0.2, -0.15) is 0 Å². The lowest BCUT2D eigenvalue weighted by Crippen LogP contribution is -2.37. The Balaban J connectivity index is 0.868. The number of benzene rings is 13. The molecule has 132 heavy (non-hydrogen) atoms. The zero-order valence-electron chi connectivity index (χ0n) is 79.2. The number of aromatic nitrogens is 4. The number of aryl methyl sites for hydroxylation is 2. The molecule has 0 aliphatic heterocycles. The van der Waals surface area contributed by atoms with Crippen LogP contribution in [0.15, 0.2) is 111 Å². The summed E-state index contributed by atoms with van der Waals surface area (Å²) in [6, 6.07) is 23.9. The lowest BCUT2D eigenvalue weighted by molar-refractivity contribution is 0.384. The molecule has 0 aliphatic rings. The van der Waals surface area contributed by atoms with E-state index >= 15 is 38.4 Å². The van der Waals surface area contributed by atoms with E-state index in [1.54, 1.807) is 40.9 Å². The first-order chi connectivity index (χ1) is 64.5. The van der Waals surface area contributed by atoms with Gasteiger partial charge in [-0.05, 0) is 190 Å². The third kappa shape index (κ3) is 13.7. The molecule has 0 spiro atoms. The molecular weight excluding hydrogens is 1710 g/mol. The SMILES string of the molecule is CCCCCCC(CCCCCC)n1c(=O)c2ccc3c4ccc5c(=O)n(C(CCCCCC)CCCCCC)c(=O)c6cc7c8c(sc9c8sc8c(C)c%10c(sc%11c%10sc%10c%12cc%13c(=O)n(C(CCCCCC)CCCCCC)c(=O)c%14ccc%15c%16ccc%17c(=O)n(C(CCCCCC)CCCCCC)c(=O)c%18cc(c%10%11)c(c%16c%17%18)c%12c%15c%14%13)c(C)c89)c8cc(c1=O)c2c3c8c7c4c56. The highest BCUT2D eigenvalue weighted by molar-refractivity contribution is 7.39. The van der Waals surface area contributed by atoms with Crippen LogP contribution in [-0.4, -0.2) is 18.3 Å². The average Bonchev–Trinajstić information content (AvgIpc) is 1.23. The van der Waals surface area contributed by atoms with Gasteiger partial charge in [0.15, 0.2) is 0 Å². The van der Waals surface area contributed by atoms with Gasteiger partial charge in [0.1, 0.15) is 0 Å². The van der Waals surface area contributed by atoms with E-state index in [4.69, 9.17) is 0 Å². The summed E-state index contributed by atoms with van der Waals surface area (Å²) in [6.45, 7) is 22.4. The molecule has 13 aromatic carbocycles. The van der Waals surface area contributed by atoms with Crippen molar-refractivity contribution in [3.8, 4) is 0 Å². The summed E-state index contributed by atoms with van der Waals surface area (Å²) in [5, 5.41) is 26.2. The molecule has 0 unspecified atom stereocenters. The Labute approximate surface area is 784 Å². The molecule has 21 rings (SSSR count). The van der Waals surface area contributed by atoms with Crippen LogP contribution in [0.4, 0.5) is 0 Å². The zero-order chi connectivity index (χ0) is 91.1. The van der Waals surface area contributed by atoms with E-state index in [0.717, 1.165) is 403 Å². The van der Waals surface area contributed by atoms with E-state index in [1.165, 1.54) is 10.8 Å². The number of fused-ring (bicyclic) bond motifs is 16. The van der Waals surface area contributed by atoms with Crippen LogP contribution in [0.25, 0.3) is 210 Å². The predicted molar refractivity (Wildman–Crippen MR) is 575 cm³/mol. The number of hydrogen-bond acceptors (Lipinski definition) is 12. The van der Waals surface area contributed by atoms with Gasteiger partial charge in [0, 0.05) is 151 Å². The molecule has 8 heterocycles. The summed E-state index contributed by atoms with van der Waals surface area (Å²) in [5.41, 5.74) is 0.441. The number of hydrogen-bond donors (Lipinski definition) is 0. The molecule has 12 nitrogen and oxygen atoms in total. The normalized spacial score (nSPS) is 13.1. The van der Waals surface area contributed by atoms with Gasteiger partial charge in [-0.25, -0.2) is 0 Å². The van der Waals surface area contributed by atoms with Crippen LogP contribution in [0.2, 0.25) is 0 Å². The number of pyridine rings is 4. The summed E-state index contributed by atoms with van der Waals surface area (Å²) in [7, 11) is 0. The Hall–Kier alpha value is -9.58. The van der Waals surface area contributed by atoms with E-state index in [-0.39, 0.29) is 68.6 Å². The Morgan fingerprint density at radius 3 is 0.591 bits per heavy atom. The minimum atomic E-state index is -0.265. The summed E-state index contributed by atoms with van der Waals surface area (Å²) >= 11 is 7.19. The fourth-order valence-electron chi connectivity index (χ4n) is 25.3. The third-order valence-corrected chi connectivity index (χ3v) is 37.3. The number of nitrogens with zero attached hydrogens (tertiary/aromatic N) is 4. The van der Waals surface area contributed by atoms with Gasteiger partial charge < -0.3 is 0 Å². The van der Waals surface area contributed by atoms with Crippen LogP contribution >= 0.6 is 45.3 Å². The van der Waals surface area contributed by atoms with Crippen molar-refractivity contribution in [1.29, 1.82) is 0 Å². The molecule has 0 saturated heterocycles. The van der Waals surface area contributed by atoms with Gasteiger partial charge in [-0.1, -0.05) is 285 Å². The Kier molecular flexibility index (Phi) is 24.4. The molecule has 0 aliphatic carbocycles. The minimum Gasteiger partial charge on any atom is -0.271 e. The van der Waals surface area contributed by atoms with E-state index in [2.05, 4.69) is 118 Å². The van der Waals surface area contributed by atoms with Gasteiger partial charge >= 0.3 is 0 Å². The van der Waals surface area contributed by atoms with Crippen molar-refractivity contribution in [2.24, 2.45) is 0 Å². The number of thiophene rings is 4. The van der Waals surface area contributed by atoms with E-state index in [0.29, 0.717) is 64.6 Å². The fourth-order valence-corrected chi connectivity index (χ4v) is 31.4. The summed E-state index contributed by atoms with van der Waals surface area (Å²) in [4.78, 5) is 129. The summed E-state index contributed by atoms with van der Waals surface area (Å²) in [5.74, 6) is 0. The minimum absolute atomic E-state index is 0.229. The lowest BCUT2D eigenvalue weighted by atomic mass is 9.81. The van der Waals surface area contributed by atoms with E-state index in [9.17, 15) is 0 Å². The summed E-state index contributed by atoms with van der Waals surface area (Å²) in [6.07, 6.45) is 39.2. The second kappa shape index (κ2) is 36.2. The first kappa shape index (κ1) is 89.0. The van der Waals surface area contributed by atoms with E-state index in [1.807, 2.05) is 46.9 Å². The monoisotopic (exact) mass is 1830 g/mol. The molecule has 0 amide bonds. The first-order valence-corrected chi connectivity index (χ1v) is 54.7. The van der Waals surface area contributed by atoms with Gasteiger partial charge in [-0.15, -0.1) is 45.3 Å². The Bertz CT molecular complexity index is 8020. The molecule has 0 bridgehead atoms. The van der Waals surface area contributed by atoms with Crippen LogP contribution < -0.4 is 44.5 Å². The molecule has 0 radical (unpaired) electrons. The fraction of sp³-hybridized carbons (Fsp3) is 0.466. The highest BCUT2D eigenvalue weighted by atomic mass is 32.1. The van der Waals surface area contributed by atoms with Crippen LogP contribution in [0, 0.1) is 13.8 Å². The van der Waals surface area contributed by atoms with Gasteiger partial charge in [0.25, 0.3) is 44.5 Å². The molecular formula is C116H126N4O8S4. The second-order valence-electron chi connectivity index (χ2n) is 40.2. The zero-order valence-corrected chi connectivity index (χ0v) is 82.5. The van der Waals surface area contributed by atoms with Crippen molar-refractivity contribution in [2.75, 3.05) is 0 Å². The quantitative estimate of drug-likeness (QED) is 0.0208. The van der Waals surface area contributed by atoms with Gasteiger partial charge in [-0.3, -0.25) is 56.6 Å². The molecule has 0 saturated carbocycles. The average molecular weight is 1830 g/mol. The maximum Gasteiger partial charge on any atom is 0.261 e. The smallest absolute Gasteiger partial charge is 0.261 e. The second-order valence-corrected chi connectivity index (χ2v) is 44.2. The third-order valence-electron chi connectivity index (χ3n) is 31.9. The van der Waals surface area contributed by atoms with Crippen LogP contribution in [0.1, 0.15) is 348 Å². The molecule has 16 heteroatoms. The van der Waals surface area contributed by atoms with Crippen molar-refractivity contribution >= 4 is 255 Å². The van der Waals surface area contributed by atoms with Crippen molar-refractivity contribution in [3.63, 3.8) is 0 Å². The standard InChI is InChI=1S/C116H126N4O8S4/c1-11-19-27-35-43-65(44-36-28-20-12-2)117-109(121)73-55-51-69-71-53-57-75-89-83(115(127)119(111(75)123)67(47-39-31-23-15-5)48-40-32-24-16-6)61-79-97(93(71)89)95-77(59-81(113(117)125)87(73)91(69)95)99-103(79)131-105-85-63(9)102-86(64(10)101(85)129-107(99)105)106-108(130-102)100-78-60-82-88-74(110(122)118(114(82)126)66(45-37-29-21-13-3)46-38-30-22-14-4)56-52-70-72-54-58-76-90-84(62-80(104(100)132-106)98(94(72)90)96(78)92(70)88)116(128)120(112(76)124)68(49-41-33-25-17-7)50-42-34-26-18-8/h51-62,65-68H,11-50H2,1-10H3. The van der Waals surface area contributed by atoms with Crippen LogP contribution in [-0.2, 0) is 0 Å². The molecule has 0 fully saturated rings.